The SMILES string of the molecule is Fc1cc(F)c(OCCCBr)c(I)c1. The van der Waals surface area contributed by atoms with E-state index in [-0.39, 0.29) is 5.75 Å². The predicted octanol–water partition coefficient (Wildman–Crippen LogP) is 3.73. The monoisotopic (exact) mass is 376 g/mol. The number of alkyl halides is 1. The normalized spacial score (nSPS) is 10.3. The highest BCUT2D eigenvalue weighted by molar-refractivity contribution is 14.1. The second-order valence-electron chi connectivity index (χ2n) is 2.59. The number of hydrogen-bond donors (Lipinski definition) is 0. The lowest BCUT2D eigenvalue weighted by Gasteiger charge is -2.08. The third-order valence-electron chi connectivity index (χ3n) is 1.49. The van der Waals surface area contributed by atoms with Gasteiger partial charge < -0.3 is 4.74 Å². The summed E-state index contributed by atoms with van der Waals surface area (Å²) in [7, 11) is 0. The molecule has 0 bridgehead atoms. The van der Waals surface area contributed by atoms with Crippen molar-refractivity contribution in [2.45, 2.75) is 6.42 Å². The van der Waals surface area contributed by atoms with Crippen molar-refractivity contribution in [1.82, 2.24) is 0 Å². The van der Waals surface area contributed by atoms with E-state index >= 15 is 0 Å². The summed E-state index contributed by atoms with van der Waals surface area (Å²) in [6, 6.07) is 2.07. The second-order valence-corrected chi connectivity index (χ2v) is 4.54. The highest BCUT2D eigenvalue weighted by Gasteiger charge is 2.10. The van der Waals surface area contributed by atoms with Gasteiger partial charge in [0.05, 0.1) is 10.2 Å². The Bertz CT molecular complexity index is 297. The molecule has 5 heteroatoms. The average molecular weight is 377 g/mol. The summed E-state index contributed by atoms with van der Waals surface area (Å²) in [6.45, 7) is 0.420. The molecular weight excluding hydrogens is 369 g/mol. The zero-order chi connectivity index (χ0) is 10.6. The van der Waals surface area contributed by atoms with Crippen LogP contribution in [0.3, 0.4) is 0 Å². The molecule has 14 heavy (non-hydrogen) atoms. The summed E-state index contributed by atoms with van der Waals surface area (Å²) in [5.74, 6) is -1.10. The van der Waals surface area contributed by atoms with E-state index in [4.69, 9.17) is 4.74 Å². The molecule has 0 spiro atoms. The molecule has 1 aromatic carbocycles. The molecule has 0 aliphatic heterocycles. The van der Waals surface area contributed by atoms with Gasteiger partial charge in [0.1, 0.15) is 5.82 Å². The summed E-state index contributed by atoms with van der Waals surface area (Å²) in [4.78, 5) is 0. The lowest BCUT2D eigenvalue weighted by Crippen LogP contribution is -2.02. The third-order valence-corrected chi connectivity index (χ3v) is 2.85. The zero-order valence-corrected chi connectivity index (χ0v) is 10.9. The molecule has 0 fully saturated rings. The van der Waals surface area contributed by atoms with Crippen LogP contribution in [0.5, 0.6) is 5.75 Å². The fraction of sp³-hybridized carbons (Fsp3) is 0.333. The predicted molar refractivity (Wildman–Crippen MR) is 63.0 cm³/mol. The van der Waals surface area contributed by atoms with Crippen molar-refractivity contribution in [3.8, 4) is 5.75 Å². The van der Waals surface area contributed by atoms with Crippen LogP contribution in [0.1, 0.15) is 6.42 Å². The number of rotatable bonds is 4. The minimum atomic E-state index is -0.649. The van der Waals surface area contributed by atoms with Crippen molar-refractivity contribution in [1.29, 1.82) is 0 Å². The van der Waals surface area contributed by atoms with E-state index in [9.17, 15) is 8.78 Å². The minimum Gasteiger partial charge on any atom is -0.489 e. The lowest BCUT2D eigenvalue weighted by molar-refractivity contribution is 0.299. The first-order chi connectivity index (χ1) is 6.65. The first kappa shape index (κ1) is 12.2. The standard InChI is InChI=1S/C9H8BrF2IO/c10-2-1-3-14-9-7(12)4-6(11)5-8(9)13/h4-5H,1-3H2. The smallest absolute Gasteiger partial charge is 0.169 e. The second kappa shape index (κ2) is 5.85. The Morgan fingerprint density at radius 1 is 1.36 bits per heavy atom. The average Bonchev–Trinajstić information content (AvgIpc) is 2.09. The molecular formula is C9H8BrF2IO. The molecule has 0 heterocycles. The van der Waals surface area contributed by atoms with E-state index in [0.717, 1.165) is 17.8 Å². The van der Waals surface area contributed by atoms with Crippen molar-refractivity contribution in [2.24, 2.45) is 0 Å². The topological polar surface area (TPSA) is 9.23 Å². The van der Waals surface area contributed by atoms with Crippen LogP contribution in [0, 0.1) is 15.2 Å². The Hall–Kier alpha value is 0.0900. The summed E-state index contributed by atoms with van der Waals surface area (Å²) in [6.07, 6.45) is 0.785. The van der Waals surface area contributed by atoms with E-state index < -0.39 is 11.6 Å². The minimum absolute atomic E-state index is 0.132. The van der Waals surface area contributed by atoms with Crippen molar-refractivity contribution < 1.29 is 13.5 Å². The van der Waals surface area contributed by atoms with E-state index in [1.165, 1.54) is 6.07 Å². The first-order valence-electron chi connectivity index (χ1n) is 3.98. The number of ether oxygens (including phenoxy) is 1. The highest BCUT2D eigenvalue weighted by Crippen LogP contribution is 2.25. The molecule has 0 unspecified atom stereocenters. The molecule has 0 aromatic heterocycles. The number of benzene rings is 1. The largest absolute Gasteiger partial charge is 0.489 e. The van der Waals surface area contributed by atoms with Crippen LogP contribution in [-0.2, 0) is 0 Å². The Morgan fingerprint density at radius 2 is 2.07 bits per heavy atom. The van der Waals surface area contributed by atoms with Gasteiger partial charge in [0.25, 0.3) is 0 Å². The molecule has 78 valence electrons. The van der Waals surface area contributed by atoms with E-state index in [1.807, 2.05) is 22.6 Å². The summed E-state index contributed by atoms with van der Waals surface area (Å²) in [5, 5.41) is 0.798. The van der Waals surface area contributed by atoms with Crippen LogP contribution in [0.25, 0.3) is 0 Å². The van der Waals surface area contributed by atoms with Gasteiger partial charge in [-0.2, -0.15) is 0 Å². The van der Waals surface area contributed by atoms with Gasteiger partial charge in [0, 0.05) is 11.4 Å². The van der Waals surface area contributed by atoms with Gasteiger partial charge in [-0.15, -0.1) is 0 Å². The van der Waals surface area contributed by atoms with Crippen LogP contribution in [0.15, 0.2) is 12.1 Å². The molecule has 0 aliphatic carbocycles. The summed E-state index contributed by atoms with van der Waals surface area (Å²) >= 11 is 5.08. The van der Waals surface area contributed by atoms with Gasteiger partial charge in [-0.05, 0) is 35.1 Å². The van der Waals surface area contributed by atoms with Crippen molar-refractivity contribution in [3.63, 3.8) is 0 Å². The molecule has 0 saturated carbocycles. The van der Waals surface area contributed by atoms with Crippen LogP contribution >= 0.6 is 38.5 Å². The quantitative estimate of drug-likeness (QED) is 0.442. The van der Waals surface area contributed by atoms with Crippen LogP contribution in [0.2, 0.25) is 0 Å². The molecule has 0 N–H and O–H groups in total. The number of hydrogen-bond acceptors (Lipinski definition) is 1. The van der Waals surface area contributed by atoms with Crippen LogP contribution in [0.4, 0.5) is 8.78 Å². The maximum Gasteiger partial charge on any atom is 0.169 e. The molecule has 1 nitrogen and oxygen atoms in total. The Kier molecular flexibility index (Phi) is 5.08. The molecule has 0 amide bonds. The lowest BCUT2D eigenvalue weighted by atomic mass is 10.3. The Morgan fingerprint density at radius 3 is 2.64 bits per heavy atom. The van der Waals surface area contributed by atoms with Crippen LogP contribution < -0.4 is 4.74 Å². The molecule has 0 saturated heterocycles. The van der Waals surface area contributed by atoms with Gasteiger partial charge in [0.15, 0.2) is 11.6 Å². The first-order valence-corrected chi connectivity index (χ1v) is 6.18. The van der Waals surface area contributed by atoms with E-state index in [1.54, 1.807) is 0 Å². The maximum atomic E-state index is 13.2. The van der Waals surface area contributed by atoms with Gasteiger partial charge in [0.2, 0.25) is 0 Å². The van der Waals surface area contributed by atoms with Crippen molar-refractivity contribution in [2.75, 3.05) is 11.9 Å². The van der Waals surface area contributed by atoms with Crippen LogP contribution in [-0.4, -0.2) is 11.9 Å². The van der Waals surface area contributed by atoms with Crippen molar-refractivity contribution >= 4 is 38.5 Å². The summed E-state index contributed by atoms with van der Waals surface area (Å²) in [5.41, 5.74) is 0. The van der Waals surface area contributed by atoms with E-state index in [2.05, 4.69) is 15.9 Å². The zero-order valence-electron chi connectivity index (χ0n) is 7.20. The fourth-order valence-corrected chi connectivity index (χ4v) is 1.84. The maximum absolute atomic E-state index is 13.2. The van der Waals surface area contributed by atoms with Gasteiger partial charge in [-0.3, -0.25) is 0 Å². The third kappa shape index (κ3) is 3.34. The molecule has 0 atom stereocenters. The number of halogens is 4. The van der Waals surface area contributed by atoms with Crippen molar-refractivity contribution in [3.05, 3.63) is 27.3 Å². The fourth-order valence-electron chi connectivity index (χ4n) is 0.896. The summed E-state index contributed by atoms with van der Waals surface area (Å²) < 4.78 is 31.5. The molecule has 0 radical (unpaired) electrons. The molecule has 1 rings (SSSR count). The molecule has 0 aliphatic rings. The van der Waals surface area contributed by atoms with Gasteiger partial charge in [-0.25, -0.2) is 8.78 Å². The van der Waals surface area contributed by atoms with E-state index in [0.29, 0.717) is 10.2 Å². The van der Waals surface area contributed by atoms with Gasteiger partial charge in [-0.1, -0.05) is 15.9 Å². The Balaban J connectivity index is 2.75. The van der Waals surface area contributed by atoms with Gasteiger partial charge >= 0.3 is 0 Å². The highest BCUT2D eigenvalue weighted by atomic mass is 127. The molecule has 1 aromatic rings. The Labute approximate surface area is 103 Å².